The highest BCUT2D eigenvalue weighted by Gasteiger charge is 2.26. The largest absolute Gasteiger partial charge is 0.368 e. The Labute approximate surface area is 195 Å². The molecule has 1 atom stereocenters. The number of carbonyl (C=O) groups is 2. The van der Waals surface area contributed by atoms with E-state index in [4.69, 9.17) is 4.52 Å². The fourth-order valence-electron chi connectivity index (χ4n) is 3.56. The van der Waals surface area contributed by atoms with Crippen LogP contribution >= 0.6 is 0 Å². The molecule has 9 nitrogen and oxygen atoms in total. The molecular formula is C24H25FN6O3. The van der Waals surface area contributed by atoms with Gasteiger partial charge < -0.3 is 15.2 Å². The highest BCUT2D eigenvalue weighted by Crippen LogP contribution is 2.27. The Morgan fingerprint density at radius 1 is 1.18 bits per heavy atom. The monoisotopic (exact) mass is 464 g/mol. The zero-order valence-electron chi connectivity index (χ0n) is 18.8. The molecule has 1 aliphatic heterocycles. The number of nitrogens with zero attached hydrogens (tertiary/aromatic N) is 4. The molecule has 176 valence electrons. The van der Waals surface area contributed by atoms with Crippen molar-refractivity contribution in [1.29, 1.82) is 0 Å². The molecular weight excluding hydrogens is 439 g/mol. The number of hydrogen-bond acceptors (Lipinski definition) is 7. The maximum atomic E-state index is 13.7. The van der Waals surface area contributed by atoms with Crippen molar-refractivity contribution in [3.63, 3.8) is 0 Å². The molecule has 0 radical (unpaired) electrons. The van der Waals surface area contributed by atoms with Gasteiger partial charge >= 0.3 is 0 Å². The summed E-state index contributed by atoms with van der Waals surface area (Å²) in [6.45, 7) is 2.78. The minimum Gasteiger partial charge on any atom is -0.368 e. The van der Waals surface area contributed by atoms with Crippen LogP contribution in [-0.2, 0) is 16.0 Å². The summed E-state index contributed by atoms with van der Waals surface area (Å²) >= 11 is 0. The number of rotatable bonds is 10. The number of fused-ring (bicyclic) bond motifs is 1. The fraction of sp³-hybridized carbons (Fsp3) is 0.333. The molecule has 0 saturated carbocycles. The van der Waals surface area contributed by atoms with E-state index in [1.807, 2.05) is 18.2 Å². The normalized spacial score (nSPS) is 16.6. The van der Waals surface area contributed by atoms with Crippen LogP contribution in [0.1, 0.15) is 30.7 Å². The average Bonchev–Trinajstić information content (AvgIpc) is 3.31. The average molecular weight is 465 g/mol. The van der Waals surface area contributed by atoms with Crippen molar-refractivity contribution in [2.24, 2.45) is 16.1 Å². The number of benzene rings is 1. The Morgan fingerprint density at radius 3 is 2.91 bits per heavy atom. The van der Waals surface area contributed by atoms with E-state index in [0.29, 0.717) is 67.4 Å². The summed E-state index contributed by atoms with van der Waals surface area (Å²) in [5, 5.41) is 17.6. The molecule has 1 aliphatic carbocycles. The van der Waals surface area contributed by atoms with Crippen molar-refractivity contribution in [3.8, 4) is 11.4 Å². The van der Waals surface area contributed by atoms with Gasteiger partial charge in [0, 0.05) is 37.1 Å². The smallest absolute Gasteiger partial charge is 0.276 e. The predicted octanol–water partition coefficient (Wildman–Crippen LogP) is 3.55. The van der Waals surface area contributed by atoms with Crippen molar-refractivity contribution in [3.05, 3.63) is 71.2 Å². The Morgan fingerprint density at radius 2 is 2.06 bits per heavy atom. The highest BCUT2D eigenvalue weighted by atomic mass is 19.1. The third kappa shape index (κ3) is 5.69. The summed E-state index contributed by atoms with van der Waals surface area (Å²) in [5.74, 6) is 0.294. The zero-order chi connectivity index (χ0) is 23.9. The number of allylic oxidation sites excluding steroid dienone is 3. The van der Waals surface area contributed by atoms with Crippen LogP contribution in [0.3, 0.4) is 0 Å². The van der Waals surface area contributed by atoms with Crippen molar-refractivity contribution in [1.82, 2.24) is 20.8 Å². The molecule has 2 N–H and O–H groups in total. The lowest BCUT2D eigenvalue weighted by Gasteiger charge is -2.20. The van der Waals surface area contributed by atoms with Crippen LogP contribution in [-0.4, -0.2) is 35.0 Å². The van der Waals surface area contributed by atoms with E-state index in [1.54, 1.807) is 25.1 Å². The zero-order valence-corrected chi connectivity index (χ0v) is 18.8. The van der Waals surface area contributed by atoms with E-state index in [2.05, 4.69) is 31.0 Å². The lowest BCUT2D eigenvalue weighted by atomic mass is 9.93. The van der Waals surface area contributed by atoms with Crippen LogP contribution in [0.4, 0.5) is 4.39 Å². The van der Waals surface area contributed by atoms with E-state index in [9.17, 15) is 14.0 Å². The number of hydrogen-bond donors (Lipinski definition) is 2. The van der Waals surface area contributed by atoms with Gasteiger partial charge in [-0.2, -0.15) is 4.98 Å². The lowest BCUT2D eigenvalue weighted by molar-refractivity contribution is -0.121. The van der Waals surface area contributed by atoms with Gasteiger partial charge in [0.15, 0.2) is 5.82 Å². The Hall–Kier alpha value is -3.95. The molecule has 1 aromatic heterocycles. The summed E-state index contributed by atoms with van der Waals surface area (Å²) < 4.78 is 18.9. The third-order valence-electron chi connectivity index (χ3n) is 5.47. The van der Waals surface area contributed by atoms with Crippen molar-refractivity contribution >= 4 is 11.8 Å². The molecule has 2 amide bonds. The van der Waals surface area contributed by atoms with Crippen LogP contribution in [0.25, 0.3) is 11.4 Å². The van der Waals surface area contributed by atoms with Gasteiger partial charge in [-0.3, -0.25) is 9.59 Å². The first kappa shape index (κ1) is 23.2. The maximum absolute atomic E-state index is 13.7. The minimum absolute atomic E-state index is 0.0641. The molecule has 34 heavy (non-hydrogen) atoms. The van der Waals surface area contributed by atoms with Crippen LogP contribution in [0.15, 0.2) is 68.6 Å². The molecule has 0 saturated heterocycles. The SMILES string of the molecule is Cc1ccc(-c2noc(CCCC(=O)NCCCNC3=C4C=CC=CC4C(=O)N=N3)n2)cc1F. The van der Waals surface area contributed by atoms with E-state index < -0.39 is 0 Å². The minimum atomic E-state index is -0.377. The fourth-order valence-corrected chi connectivity index (χ4v) is 3.56. The Balaban J connectivity index is 1.13. The van der Waals surface area contributed by atoms with Gasteiger partial charge in [-0.15, -0.1) is 10.2 Å². The third-order valence-corrected chi connectivity index (χ3v) is 5.47. The highest BCUT2D eigenvalue weighted by molar-refractivity contribution is 5.86. The molecule has 2 aliphatic rings. The molecule has 2 heterocycles. The van der Waals surface area contributed by atoms with Gasteiger partial charge in [-0.1, -0.05) is 41.6 Å². The first-order valence-corrected chi connectivity index (χ1v) is 11.2. The van der Waals surface area contributed by atoms with Crippen LogP contribution in [0.2, 0.25) is 0 Å². The van der Waals surface area contributed by atoms with Gasteiger partial charge in [-0.25, -0.2) is 4.39 Å². The first-order chi connectivity index (χ1) is 16.5. The second-order valence-corrected chi connectivity index (χ2v) is 8.02. The molecule has 0 fully saturated rings. The molecule has 1 aromatic carbocycles. The summed E-state index contributed by atoms with van der Waals surface area (Å²) in [6, 6.07) is 4.78. The summed E-state index contributed by atoms with van der Waals surface area (Å²) in [6.07, 6.45) is 9.37. The first-order valence-electron chi connectivity index (χ1n) is 11.2. The van der Waals surface area contributed by atoms with Gasteiger partial charge in [-0.05, 0) is 31.4 Å². The number of azo groups is 1. The van der Waals surface area contributed by atoms with E-state index in [-0.39, 0.29) is 23.5 Å². The second-order valence-electron chi connectivity index (χ2n) is 8.02. The molecule has 0 bridgehead atoms. The van der Waals surface area contributed by atoms with Crippen molar-refractivity contribution < 1.29 is 18.5 Å². The standard InChI is InChI=1S/C24H25FN6O3/c1-15-10-11-16(14-19(15)25)22-28-21(34-31-22)9-4-8-20(32)26-12-5-13-27-23-17-6-2-3-7-18(17)24(33)30-29-23/h2-3,6-7,10-11,14,18,27H,4-5,8-9,12-13H2,1H3,(H,26,32). The number of halogens is 1. The van der Waals surface area contributed by atoms with Crippen LogP contribution in [0, 0.1) is 18.7 Å². The second kappa shape index (κ2) is 10.8. The summed E-state index contributed by atoms with van der Waals surface area (Å²) in [7, 11) is 0. The Kier molecular flexibility index (Phi) is 7.36. The number of aromatic nitrogens is 2. The van der Waals surface area contributed by atoms with Gasteiger partial charge in [0.1, 0.15) is 5.82 Å². The Bertz CT molecular complexity index is 1200. The van der Waals surface area contributed by atoms with Gasteiger partial charge in [0.05, 0.1) is 5.92 Å². The van der Waals surface area contributed by atoms with Crippen molar-refractivity contribution in [2.45, 2.75) is 32.6 Å². The van der Waals surface area contributed by atoms with Gasteiger partial charge in [0.25, 0.3) is 5.91 Å². The maximum Gasteiger partial charge on any atom is 0.276 e. The van der Waals surface area contributed by atoms with E-state index in [1.165, 1.54) is 6.07 Å². The number of aryl methyl sites for hydroxylation is 2. The quantitative estimate of drug-likeness (QED) is 0.519. The van der Waals surface area contributed by atoms with Crippen molar-refractivity contribution in [2.75, 3.05) is 13.1 Å². The molecule has 10 heteroatoms. The number of amides is 2. The topological polar surface area (TPSA) is 122 Å². The number of nitrogens with one attached hydrogen (secondary N) is 2. The molecule has 1 unspecified atom stereocenters. The molecule has 4 rings (SSSR count). The molecule has 2 aromatic rings. The van der Waals surface area contributed by atoms with E-state index >= 15 is 0 Å². The summed E-state index contributed by atoms with van der Waals surface area (Å²) in [5.41, 5.74) is 1.91. The van der Waals surface area contributed by atoms with E-state index in [0.717, 1.165) is 5.57 Å². The molecule has 0 spiro atoms. The van der Waals surface area contributed by atoms with Gasteiger partial charge in [0.2, 0.25) is 17.6 Å². The van der Waals surface area contributed by atoms with Crippen LogP contribution in [0.5, 0.6) is 0 Å². The summed E-state index contributed by atoms with van der Waals surface area (Å²) in [4.78, 5) is 28.2. The predicted molar refractivity (Wildman–Crippen MR) is 122 cm³/mol. The lowest BCUT2D eigenvalue weighted by Crippen LogP contribution is -2.28. The van der Waals surface area contributed by atoms with Crippen LogP contribution < -0.4 is 10.6 Å². The number of carbonyl (C=O) groups excluding carboxylic acids is 2.